The van der Waals surface area contributed by atoms with E-state index in [2.05, 4.69) is 20.5 Å². The van der Waals surface area contributed by atoms with Gasteiger partial charge in [0.2, 0.25) is 11.8 Å². The summed E-state index contributed by atoms with van der Waals surface area (Å²) in [6, 6.07) is 3.57. The molecule has 6 heteroatoms. The first-order valence-electron chi connectivity index (χ1n) is 6.51. The number of likely N-dealkylation sites (N-methyl/N-ethyl adjacent to an activating group) is 1. The number of aromatic nitrogens is 1. The molecule has 1 fully saturated rings. The molecular formula is C13H20N4O2. The number of amides is 1. The SMILES string of the molecule is CCNC(=O)C1CNCCN1c1ccnc(OC)c1. The molecule has 2 heterocycles. The Bertz CT molecular complexity index is 438. The van der Waals surface area contributed by atoms with Gasteiger partial charge in [-0.25, -0.2) is 4.98 Å². The highest BCUT2D eigenvalue weighted by atomic mass is 16.5. The second-order valence-corrected chi connectivity index (χ2v) is 4.36. The molecule has 2 N–H and O–H groups in total. The molecule has 1 aromatic rings. The number of rotatable bonds is 4. The van der Waals surface area contributed by atoms with Gasteiger partial charge in [0.15, 0.2) is 0 Å². The summed E-state index contributed by atoms with van der Waals surface area (Å²) >= 11 is 0. The zero-order chi connectivity index (χ0) is 13.7. The molecule has 0 aromatic carbocycles. The van der Waals surface area contributed by atoms with E-state index < -0.39 is 0 Å². The lowest BCUT2D eigenvalue weighted by molar-refractivity contribution is -0.122. The third kappa shape index (κ3) is 3.14. The summed E-state index contributed by atoms with van der Waals surface area (Å²) in [4.78, 5) is 18.3. The van der Waals surface area contributed by atoms with E-state index >= 15 is 0 Å². The first-order chi connectivity index (χ1) is 9.26. The van der Waals surface area contributed by atoms with Crippen molar-refractivity contribution in [3.05, 3.63) is 18.3 Å². The number of pyridine rings is 1. The van der Waals surface area contributed by atoms with Gasteiger partial charge >= 0.3 is 0 Å². The molecule has 1 aromatic heterocycles. The number of hydrogen-bond donors (Lipinski definition) is 2. The van der Waals surface area contributed by atoms with E-state index in [0.717, 1.165) is 18.8 Å². The molecule has 1 aliphatic heterocycles. The number of ether oxygens (including phenoxy) is 1. The quantitative estimate of drug-likeness (QED) is 0.801. The molecule has 1 saturated heterocycles. The maximum Gasteiger partial charge on any atom is 0.244 e. The Morgan fingerprint density at radius 3 is 3.26 bits per heavy atom. The van der Waals surface area contributed by atoms with Gasteiger partial charge in [-0.3, -0.25) is 4.79 Å². The summed E-state index contributed by atoms with van der Waals surface area (Å²) in [5.74, 6) is 0.608. The van der Waals surface area contributed by atoms with Crippen LogP contribution >= 0.6 is 0 Å². The summed E-state index contributed by atoms with van der Waals surface area (Å²) in [5, 5.41) is 6.13. The molecule has 1 amide bonds. The molecule has 1 unspecified atom stereocenters. The van der Waals surface area contributed by atoms with Crippen molar-refractivity contribution in [1.82, 2.24) is 15.6 Å². The van der Waals surface area contributed by atoms with Gasteiger partial charge in [0.05, 0.1) is 7.11 Å². The summed E-state index contributed by atoms with van der Waals surface area (Å²) < 4.78 is 5.13. The Balaban J connectivity index is 2.20. The van der Waals surface area contributed by atoms with Gasteiger partial charge in [-0.05, 0) is 13.0 Å². The standard InChI is InChI=1S/C13H20N4O2/c1-3-15-13(18)11-9-14-6-7-17(11)10-4-5-16-12(8-10)19-2/h4-5,8,11,14H,3,6-7,9H2,1-2H3,(H,15,18). The average Bonchev–Trinajstić information content (AvgIpc) is 2.47. The van der Waals surface area contributed by atoms with Crippen LogP contribution in [-0.4, -0.2) is 50.2 Å². The van der Waals surface area contributed by atoms with E-state index in [0.29, 0.717) is 19.0 Å². The van der Waals surface area contributed by atoms with Gasteiger partial charge < -0.3 is 20.3 Å². The van der Waals surface area contributed by atoms with E-state index in [9.17, 15) is 4.79 Å². The first-order valence-corrected chi connectivity index (χ1v) is 6.51. The van der Waals surface area contributed by atoms with Crippen LogP contribution in [0.4, 0.5) is 5.69 Å². The lowest BCUT2D eigenvalue weighted by Gasteiger charge is -2.36. The predicted octanol–water partition coefficient (Wildman–Crippen LogP) is 0.00450. The fraction of sp³-hybridized carbons (Fsp3) is 0.538. The van der Waals surface area contributed by atoms with Gasteiger partial charge in [-0.1, -0.05) is 0 Å². The Labute approximate surface area is 113 Å². The third-order valence-corrected chi connectivity index (χ3v) is 3.16. The molecule has 104 valence electrons. The van der Waals surface area contributed by atoms with Crippen molar-refractivity contribution in [2.24, 2.45) is 0 Å². The number of anilines is 1. The highest BCUT2D eigenvalue weighted by molar-refractivity contribution is 5.85. The van der Waals surface area contributed by atoms with Crippen molar-refractivity contribution in [2.75, 3.05) is 38.2 Å². The normalized spacial score (nSPS) is 19.1. The summed E-state index contributed by atoms with van der Waals surface area (Å²) in [6.07, 6.45) is 1.70. The van der Waals surface area contributed by atoms with Crippen molar-refractivity contribution < 1.29 is 9.53 Å². The van der Waals surface area contributed by atoms with Crippen LogP contribution in [0.25, 0.3) is 0 Å². The van der Waals surface area contributed by atoms with E-state index in [-0.39, 0.29) is 11.9 Å². The predicted molar refractivity (Wildman–Crippen MR) is 73.5 cm³/mol. The molecule has 0 aliphatic carbocycles. The lowest BCUT2D eigenvalue weighted by Crippen LogP contribution is -2.58. The lowest BCUT2D eigenvalue weighted by atomic mass is 10.1. The number of piperazine rings is 1. The summed E-state index contributed by atoms with van der Waals surface area (Å²) in [7, 11) is 1.59. The molecule has 0 bridgehead atoms. The molecule has 0 saturated carbocycles. The van der Waals surface area contributed by atoms with E-state index in [1.807, 2.05) is 19.1 Å². The van der Waals surface area contributed by atoms with Crippen molar-refractivity contribution in [3.8, 4) is 5.88 Å². The number of methoxy groups -OCH3 is 1. The van der Waals surface area contributed by atoms with Crippen LogP contribution in [0.5, 0.6) is 5.88 Å². The highest BCUT2D eigenvalue weighted by Crippen LogP contribution is 2.21. The number of carbonyl (C=O) groups excluding carboxylic acids is 1. The van der Waals surface area contributed by atoms with Crippen LogP contribution in [0, 0.1) is 0 Å². The molecule has 0 spiro atoms. The molecule has 1 aliphatic rings. The Hall–Kier alpha value is -1.82. The molecule has 19 heavy (non-hydrogen) atoms. The molecule has 2 rings (SSSR count). The monoisotopic (exact) mass is 264 g/mol. The zero-order valence-electron chi connectivity index (χ0n) is 11.3. The number of nitrogens with one attached hydrogen (secondary N) is 2. The summed E-state index contributed by atoms with van der Waals surface area (Å²) in [6.45, 7) is 4.86. The van der Waals surface area contributed by atoms with Crippen LogP contribution in [0.1, 0.15) is 6.92 Å². The van der Waals surface area contributed by atoms with Crippen molar-refractivity contribution in [1.29, 1.82) is 0 Å². The van der Waals surface area contributed by atoms with Crippen LogP contribution in [0.2, 0.25) is 0 Å². The summed E-state index contributed by atoms with van der Waals surface area (Å²) in [5.41, 5.74) is 0.963. The highest BCUT2D eigenvalue weighted by Gasteiger charge is 2.28. The van der Waals surface area contributed by atoms with Crippen LogP contribution in [-0.2, 0) is 4.79 Å². The molecule has 6 nitrogen and oxygen atoms in total. The maximum atomic E-state index is 12.1. The number of nitrogens with zero attached hydrogens (tertiary/aromatic N) is 2. The third-order valence-electron chi connectivity index (χ3n) is 3.16. The van der Waals surface area contributed by atoms with Gasteiger partial charge in [-0.2, -0.15) is 0 Å². The second kappa shape index (κ2) is 6.38. The molecular weight excluding hydrogens is 244 g/mol. The van der Waals surface area contributed by atoms with Gasteiger partial charge in [0.25, 0.3) is 0 Å². The van der Waals surface area contributed by atoms with Gasteiger partial charge in [0.1, 0.15) is 6.04 Å². The first kappa shape index (κ1) is 13.6. The average molecular weight is 264 g/mol. The maximum absolute atomic E-state index is 12.1. The number of carbonyl (C=O) groups is 1. The number of hydrogen-bond acceptors (Lipinski definition) is 5. The second-order valence-electron chi connectivity index (χ2n) is 4.36. The zero-order valence-corrected chi connectivity index (χ0v) is 11.3. The smallest absolute Gasteiger partial charge is 0.244 e. The Morgan fingerprint density at radius 1 is 1.68 bits per heavy atom. The Kier molecular flexibility index (Phi) is 4.57. The van der Waals surface area contributed by atoms with Gasteiger partial charge in [-0.15, -0.1) is 0 Å². The molecule has 0 radical (unpaired) electrons. The fourth-order valence-electron chi connectivity index (χ4n) is 2.23. The Morgan fingerprint density at radius 2 is 2.53 bits per heavy atom. The molecule has 1 atom stereocenters. The van der Waals surface area contributed by atoms with Crippen molar-refractivity contribution in [3.63, 3.8) is 0 Å². The van der Waals surface area contributed by atoms with E-state index in [1.54, 1.807) is 13.3 Å². The van der Waals surface area contributed by atoms with Gasteiger partial charge in [0, 0.05) is 44.1 Å². The minimum atomic E-state index is -0.194. The largest absolute Gasteiger partial charge is 0.481 e. The minimum Gasteiger partial charge on any atom is -0.481 e. The van der Waals surface area contributed by atoms with Crippen LogP contribution in [0.15, 0.2) is 18.3 Å². The topological polar surface area (TPSA) is 66.5 Å². The van der Waals surface area contributed by atoms with Crippen molar-refractivity contribution >= 4 is 11.6 Å². The van der Waals surface area contributed by atoms with E-state index in [1.165, 1.54) is 0 Å². The fourth-order valence-corrected chi connectivity index (χ4v) is 2.23. The van der Waals surface area contributed by atoms with E-state index in [4.69, 9.17) is 4.74 Å². The van der Waals surface area contributed by atoms with Crippen LogP contribution < -0.4 is 20.3 Å². The van der Waals surface area contributed by atoms with Crippen LogP contribution in [0.3, 0.4) is 0 Å². The minimum absolute atomic E-state index is 0.0467. The van der Waals surface area contributed by atoms with Crippen molar-refractivity contribution in [2.45, 2.75) is 13.0 Å².